The summed E-state index contributed by atoms with van der Waals surface area (Å²) in [7, 11) is 0. The van der Waals surface area contributed by atoms with E-state index in [1.807, 2.05) is 24.4 Å². The molecule has 0 aromatic heterocycles. The van der Waals surface area contributed by atoms with Crippen LogP contribution in [0.3, 0.4) is 0 Å². The molecule has 0 unspecified atom stereocenters. The monoisotopic (exact) mass is 366 g/mol. The quantitative estimate of drug-likeness (QED) is 0.586. The molecule has 2 aromatic rings. The second-order valence-corrected chi connectivity index (χ2v) is 6.99. The minimum Gasteiger partial charge on any atom is -0.377 e. The normalized spacial score (nSPS) is 19.0. The molecule has 0 aliphatic carbocycles. The highest BCUT2D eigenvalue weighted by Crippen LogP contribution is 2.35. The van der Waals surface area contributed by atoms with Gasteiger partial charge in [-0.05, 0) is 37.5 Å². The predicted octanol–water partition coefficient (Wildman–Crippen LogP) is 4.35. The number of piperidine rings is 1. The molecule has 4 rings (SSSR count). The first-order valence-corrected chi connectivity index (χ1v) is 9.23. The van der Waals surface area contributed by atoms with Gasteiger partial charge in [0.1, 0.15) is 0 Å². The van der Waals surface area contributed by atoms with Crippen molar-refractivity contribution in [1.82, 2.24) is 4.90 Å². The molecule has 0 spiro atoms. The summed E-state index contributed by atoms with van der Waals surface area (Å²) >= 11 is 6.28. The summed E-state index contributed by atoms with van der Waals surface area (Å²) in [6.07, 6.45) is 5.37. The van der Waals surface area contributed by atoms with Crippen molar-refractivity contribution in [2.75, 3.05) is 18.0 Å². The third kappa shape index (κ3) is 2.90. The van der Waals surface area contributed by atoms with Crippen molar-refractivity contribution in [2.24, 2.45) is 0 Å². The largest absolute Gasteiger partial charge is 0.377 e. The number of para-hydroxylation sites is 1. The van der Waals surface area contributed by atoms with Gasteiger partial charge in [0, 0.05) is 30.4 Å². The van der Waals surface area contributed by atoms with E-state index in [0.29, 0.717) is 27.4 Å². The smallest absolute Gasteiger partial charge is 0.267 e. The number of hydrogen-bond acceptors (Lipinski definition) is 3. The van der Waals surface area contributed by atoms with Gasteiger partial charge < -0.3 is 4.90 Å². The SMILES string of the molecule is O=C1C(=CN2CCCCC2)c2ccccc2C(=O)N1c1ccccc1Cl. The summed E-state index contributed by atoms with van der Waals surface area (Å²) in [5.41, 5.74) is 2.18. The maximum Gasteiger partial charge on any atom is 0.267 e. The fourth-order valence-corrected chi connectivity index (χ4v) is 3.78. The van der Waals surface area contributed by atoms with Crippen molar-refractivity contribution < 1.29 is 9.59 Å². The van der Waals surface area contributed by atoms with Gasteiger partial charge in [0.15, 0.2) is 0 Å². The van der Waals surface area contributed by atoms with Gasteiger partial charge in [0.2, 0.25) is 0 Å². The van der Waals surface area contributed by atoms with Gasteiger partial charge in [-0.25, -0.2) is 4.90 Å². The van der Waals surface area contributed by atoms with Gasteiger partial charge in [-0.2, -0.15) is 0 Å². The second kappa shape index (κ2) is 6.96. The first-order valence-electron chi connectivity index (χ1n) is 8.85. The average molecular weight is 367 g/mol. The van der Waals surface area contributed by atoms with Gasteiger partial charge in [-0.3, -0.25) is 9.59 Å². The zero-order valence-electron chi connectivity index (χ0n) is 14.3. The van der Waals surface area contributed by atoms with E-state index < -0.39 is 0 Å². The van der Waals surface area contributed by atoms with Crippen molar-refractivity contribution in [2.45, 2.75) is 19.3 Å². The number of carbonyl (C=O) groups is 2. The molecule has 2 aliphatic rings. The molecule has 1 saturated heterocycles. The van der Waals surface area contributed by atoms with Crippen molar-refractivity contribution in [3.63, 3.8) is 0 Å². The zero-order valence-corrected chi connectivity index (χ0v) is 15.1. The second-order valence-electron chi connectivity index (χ2n) is 6.58. The number of nitrogens with zero attached hydrogens (tertiary/aromatic N) is 2. The molecule has 2 aliphatic heterocycles. The van der Waals surface area contributed by atoms with Crippen LogP contribution in [0.5, 0.6) is 0 Å². The Balaban J connectivity index is 1.84. The summed E-state index contributed by atoms with van der Waals surface area (Å²) in [5.74, 6) is -0.665. The average Bonchev–Trinajstić information content (AvgIpc) is 2.67. The molecular formula is C21H19ClN2O2. The highest BCUT2D eigenvalue weighted by Gasteiger charge is 2.37. The molecule has 5 heteroatoms. The van der Waals surface area contributed by atoms with Gasteiger partial charge in [-0.15, -0.1) is 0 Å². The number of amides is 2. The molecule has 26 heavy (non-hydrogen) atoms. The first kappa shape index (κ1) is 16.9. The maximum atomic E-state index is 13.3. The molecule has 0 radical (unpaired) electrons. The lowest BCUT2D eigenvalue weighted by Crippen LogP contribution is -2.42. The number of imide groups is 1. The molecule has 132 valence electrons. The summed E-state index contributed by atoms with van der Waals surface area (Å²) in [4.78, 5) is 29.7. The van der Waals surface area contributed by atoms with Gasteiger partial charge in [-0.1, -0.05) is 41.9 Å². The summed E-state index contributed by atoms with van der Waals surface area (Å²) < 4.78 is 0. The predicted molar refractivity (Wildman–Crippen MR) is 103 cm³/mol. The molecule has 0 atom stereocenters. The van der Waals surface area contributed by atoms with E-state index >= 15 is 0 Å². The lowest BCUT2D eigenvalue weighted by Gasteiger charge is -2.31. The Morgan fingerprint density at radius 1 is 0.808 bits per heavy atom. The number of benzene rings is 2. The lowest BCUT2D eigenvalue weighted by atomic mass is 9.93. The third-order valence-electron chi connectivity index (χ3n) is 4.88. The Morgan fingerprint density at radius 2 is 1.46 bits per heavy atom. The van der Waals surface area contributed by atoms with Crippen LogP contribution in [0.25, 0.3) is 5.57 Å². The lowest BCUT2D eigenvalue weighted by molar-refractivity contribution is -0.112. The first-order chi connectivity index (χ1) is 12.7. The van der Waals surface area contributed by atoms with E-state index in [-0.39, 0.29) is 11.8 Å². The van der Waals surface area contributed by atoms with E-state index in [1.54, 1.807) is 30.3 Å². The van der Waals surface area contributed by atoms with Crippen LogP contribution in [-0.2, 0) is 4.79 Å². The standard InChI is InChI=1S/C21H19ClN2O2/c22-18-10-4-5-11-19(18)24-20(25)16-9-3-2-8-15(16)17(21(24)26)14-23-12-6-1-7-13-23/h2-5,8-11,14H,1,6-7,12-13H2. The molecule has 2 aromatic carbocycles. The molecule has 0 bridgehead atoms. The van der Waals surface area contributed by atoms with Gasteiger partial charge in [0.05, 0.1) is 16.3 Å². The maximum absolute atomic E-state index is 13.3. The molecule has 0 N–H and O–H groups in total. The highest BCUT2D eigenvalue weighted by molar-refractivity contribution is 6.43. The number of hydrogen-bond donors (Lipinski definition) is 0. The summed E-state index contributed by atoms with van der Waals surface area (Å²) in [6.45, 7) is 1.86. The Kier molecular flexibility index (Phi) is 4.51. The highest BCUT2D eigenvalue weighted by atomic mass is 35.5. The van der Waals surface area contributed by atoms with Crippen molar-refractivity contribution in [3.05, 3.63) is 70.9 Å². The summed E-state index contributed by atoms with van der Waals surface area (Å²) in [6, 6.07) is 14.2. The number of carbonyl (C=O) groups excluding carboxylic acids is 2. The van der Waals surface area contributed by atoms with E-state index in [0.717, 1.165) is 25.9 Å². The molecule has 0 saturated carbocycles. The number of fused-ring (bicyclic) bond motifs is 1. The van der Waals surface area contributed by atoms with Gasteiger partial charge in [0.25, 0.3) is 11.8 Å². The van der Waals surface area contributed by atoms with E-state index in [4.69, 9.17) is 11.6 Å². The number of anilines is 1. The van der Waals surface area contributed by atoms with Gasteiger partial charge >= 0.3 is 0 Å². The van der Waals surface area contributed by atoms with Crippen LogP contribution in [0, 0.1) is 0 Å². The third-order valence-corrected chi connectivity index (χ3v) is 5.20. The molecular weight excluding hydrogens is 348 g/mol. The number of likely N-dealkylation sites (tertiary alicyclic amines) is 1. The minimum atomic E-state index is -0.338. The topological polar surface area (TPSA) is 40.6 Å². The van der Waals surface area contributed by atoms with Crippen molar-refractivity contribution in [1.29, 1.82) is 0 Å². The van der Waals surface area contributed by atoms with Crippen LogP contribution in [0.1, 0.15) is 35.2 Å². The Hall–Kier alpha value is -2.59. The van der Waals surface area contributed by atoms with Crippen LogP contribution < -0.4 is 4.90 Å². The molecule has 1 fully saturated rings. The minimum absolute atomic E-state index is 0.327. The summed E-state index contributed by atoms with van der Waals surface area (Å²) in [5, 5.41) is 0.380. The fourth-order valence-electron chi connectivity index (χ4n) is 3.56. The zero-order chi connectivity index (χ0) is 18.1. The Bertz CT molecular complexity index is 900. The molecule has 2 amide bonds. The van der Waals surface area contributed by atoms with Crippen molar-refractivity contribution in [3.8, 4) is 0 Å². The number of halogens is 1. The van der Waals surface area contributed by atoms with Crippen LogP contribution in [-0.4, -0.2) is 29.8 Å². The van der Waals surface area contributed by atoms with Crippen LogP contribution in [0.2, 0.25) is 5.02 Å². The van der Waals surface area contributed by atoms with Crippen LogP contribution >= 0.6 is 11.6 Å². The van der Waals surface area contributed by atoms with Crippen molar-refractivity contribution >= 4 is 34.7 Å². The Labute approximate surface area is 157 Å². The van der Waals surface area contributed by atoms with E-state index in [9.17, 15) is 9.59 Å². The fraction of sp³-hybridized carbons (Fsp3) is 0.238. The van der Waals surface area contributed by atoms with Crippen LogP contribution in [0.4, 0.5) is 5.69 Å². The Morgan fingerprint density at radius 3 is 2.19 bits per heavy atom. The molecule has 2 heterocycles. The van der Waals surface area contributed by atoms with E-state index in [1.165, 1.54) is 11.3 Å². The van der Waals surface area contributed by atoms with E-state index in [2.05, 4.69) is 4.90 Å². The van der Waals surface area contributed by atoms with Crippen LogP contribution in [0.15, 0.2) is 54.7 Å². The molecule has 4 nitrogen and oxygen atoms in total. The number of rotatable bonds is 2.